The summed E-state index contributed by atoms with van der Waals surface area (Å²) in [7, 11) is 0. The summed E-state index contributed by atoms with van der Waals surface area (Å²) >= 11 is 0. The summed E-state index contributed by atoms with van der Waals surface area (Å²) in [5.74, 6) is 0.859. The fraction of sp³-hybridized carbons (Fsp3) is 0.190. The van der Waals surface area contributed by atoms with E-state index in [2.05, 4.69) is 28.5 Å². The number of nitrogens with two attached hydrogens (primary N) is 1. The van der Waals surface area contributed by atoms with E-state index in [9.17, 15) is 0 Å². The van der Waals surface area contributed by atoms with Gasteiger partial charge in [-0.15, -0.1) is 0 Å². The van der Waals surface area contributed by atoms with Gasteiger partial charge in [-0.1, -0.05) is 42.5 Å². The van der Waals surface area contributed by atoms with Crippen LogP contribution in [0.2, 0.25) is 0 Å². The Morgan fingerprint density at radius 3 is 2.60 bits per heavy atom. The number of nitrogens with zero attached hydrogens (tertiary/aromatic N) is 1. The largest absolute Gasteiger partial charge is 0.492 e. The topological polar surface area (TPSA) is 60.2 Å². The van der Waals surface area contributed by atoms with E-state index in [0.717, 1.165) is 35.5 Å². The first-order valence-corrected chi connectivity index (χ1v) is 8.47. The van der Waals surface area contributed by atoms with E-state index in [4.69, 9.17) is 10.5 Å². The van der Waals surface area contributed by atoms with Crippen molar-refractivity contribution in [3.05, 3.63) is 84.2 Å². The van der Waals surface area contributed by atoms with Crippen molar-refractivity contribution in [2.75, 3.05) is 13.2 Å². The molecule has 3 aromatic rings. The monoisotopic (exact) mass is 333 g/mol. The summed E-state index contributed by atoms with van der Waals surface area (Å²) in [4.78, 5) is 4.34. The van der Waals surface area contributed by atoms with E-state index < -0.39 is 0 Å². The SMILES string of the molecule is NCc1cccc(OCCNCc2cncc(-c3ccccc3)c2)c1. The first-order chi connectivity index (χ1) is 12.3. The number of pyridine rings is 1. The van der Waals surface area contributed by atoms with Crippen molar-refractivity contribution in [2.45, 2.75) is 13.1 Å². The van der Waals surface area contributed by atoms with Crippen LogP contribution in [-0.2, 0) is 13.1 Å². The van der Waals surface area contributed by atoms with Crippen molar-refractivity contribution in [1.82, 2.24) is 10.3 Å². The highest BCUT2D eigenvalue weighted by Crippen LogP contribution is 2.18. The molecule has 0 aliphatic heterocycles. The minimum absolute atomic E-state index is 0.528. The van der Waals surface area contributed by atoms with Crippen LogP contribution < -0.4 is 15.8 Å². The second-order valence-electron chi connectivity index (χ2n) is 5.82. The number of ether oxygens (including phenoxy) is 1. The fourth-order valence-electron chi connectivity index (χ4n) is 2.61. The standard InChI is InChI=1S/C21H23N3O/c22-13-17-5-4-8-21(12-17)25-10-9-23-14-18-11-20(16-24-15-18)19-6-2-1-3-7-19/h1-8,11-12,15-16,23H,9-10,13-14,22H2. The first kappa shape index (κ1) is 17.1. The normalized spacial score (nSPS) is 10.6. The maximum atomic E-state index is 5.75. The molecule has 0 fully saturated rings. The second-order valence-corrected chi connectivity index (χ2v) is 5.82. The summed E-state index contributed by atoms with van der Waals surface area (Å²) in [6.45, 7) is 2.67. The van der Waals surface area contributed by atoms with Crippen LogP contribution in [0.4, 0.5) is 0 Å². The quantitative estimate of drug-likeness (QED) is 0.621. The molecule has 0 atom stereocenters. The first-order valence-electron chi connectivity index (χ1n) is 8.47. The van der Waals surface area contributed by atoms with Crippen LogP contribution in [0.25, 0.3) is 11.1 Å². The molecule has 0 unspecified atom stereocenters. The van der Waals surface area contributed by atoms with Gasteiger partial charge in [0.25, 0.3) is 0 Å². The van der Waals surface area contributed by atoms with E-state index in [1.807, 2.05) is 54.9 Å². The molecule has 4 heteroatoms. The molecule has 0 aliphatic carbocycles. The molecule has 128 valence electrons. The van der Waals surface area contributed by atoms with Crippen LogP contribution in [0.5, 0.6) is 5.75 Å². The second kappa shape index (κ2) is 8.97. The Hall–Kier alpha value is -2.69. The van der Waals surface area contributed by atoms with Gasteiger partial charge in [-0.2, -0.15) is 0 Å². The molecular formula is C21H23N3O. The molecule has 0 aliphatic rings. The van der Waals surface area contributed by atoms with Crippen molar-refractivity contribution in [3.63, 3.8) is 0 Å². The summed E-state index contributed by atoms with van der Waals surface area (Å²) in [6, 6.07) is 20.3. The molecule has 3 N–H and O–H groups in total. The van der Waals surface area contributed by atoms with Crippen molar-refractivity contribution in [3.8, 4) is 16.9 Å². The van der Waals surface area contributed by atoms with E-state index in [1.165, 1.54) is 5.56 Å². The molecule has 4 nitrogen and oxygen atoms in total. The van der Waals surface area contributed by atoms with E-state index >= 15 is 0 Å². The predicted octanol–water partition coefficient (Wildman–Crippen LogP) is 3.38. The van der Waals surface area contributed by atoms with Gasteiger partial charge in [-0.05, 0) is 34.9 Å². The number of hydrogen-bond donors (Lipinski definition) is 2. The molecule has 25 heavy (non-hydrogen) atoms. The number of aromatic nitrogens is 1. The van der Waals surface area contributed by atoms with Gasteiger partial charge in [0.1, 0.15) is 12.4 Å². The lowest BCUT2D eigenvalue weighted by Crippen LogP contribution is -2.20. The van der Waals surface area contributed by atoms with Gasteiger partial charge in [0.15, 0.2) is 0 Å². The van der Waals surface area contributed by atoms with Gasteiger partial charge in [0.05, 0.1) is 0 Å². The van der Waals surface area contributed by atoms with E-state index in [1.54, 1.807) is 0 Å². The lowest BCUT2D eigenvalue weighted by Gasteiger charge is -2.09. The molecule has 0 bridgehead atoms. The third-order valence-corrected chi connectivity index (χ3v) is 3.91. The molecular weight excluding hydrogens is 310 g/mol. The molecule has 1 heterocycles. The Morgan fingerprint density at radius 2 is 1.76 bits per heavy atom. The molecule has 3 rings (SSSR count). The van der Waals surface area contributed by atoms with Gasteiger partial charge in [-0.25, -0.2) is 0 Å². The third kappa shape index (κ3) is 5.14. The molecule has 0 radical (unpaired) electrons. The smallest absolute Gasteiger partial charge is 0.119 e. The molecule has 0 saturated carbocycles. The lowest BCUT2D eigenvalue weighted by atomic mass is 10.1. The van der Waals surface area contributed by atoms with Gasteiger partial charge in [0, 0.05) is 37.6 Å². The van der Waals surface area contributed by atoms with Crippen LogP contribution in [0.3, 0.4) is 0 Å². The minimum atomic E-state index is 0.528. The maximum Gasteiger partial charge on any atom is 0.119 e. The molecule has 1 aromatic heterocycles. The zero-order chi connectivity index (χ0) is 17.3. The van der Waals surface area contributed by atoms with E-state index in [-0.39, 0.29) is 0 Å². The zero-order valence-corrected chi connectivity index (χ0v) is 14.2. The third-order valence-electron chi connectivity index (χ3n) is 3.91. The Morgan fingerprint density at radius 1 is 0.880 bits per heavy atom. The molecule has 0 spiro atoms. The van der Waals surface area contributed by atoms with Crippen LogP contribution in [-0.4, -0.2) is 18.1 Å². The molecule has 2 aromatic carbocycles. The summed E-state index contributed by atoms with van der Waals surface area (Å²) in [5.41, 5.74) is 10.2. The molecule has 0 amide bonds. The number of nitrogens with one attached hydrogen (secondary N) is 1. The van der Waals surface area contributed by atoms with Crippen molar-refractivity contribution in [2.24, 2.45) is 5.73 Å². The van der Waals surface area contributed by atoms with Crippen LogP contribution >= 0.6 is 0 Å². The molecule has 0 saturated heterocycles. The van der Waals surface area contributed by atoms with Crippen LogP contribution in [0.15, 0.2) is 73.1 Å². The zero-order valence-electron chi connectivity index (χ0n) is 14.2. The minimum Gasteiger partial charge on any atom is -0.492 e. The highest BCUT2D eigenvalue weighted by atomic mass is 16.5. The van der Waals surface area contributed by atoms with Crippen molar-refractivity contribution in [1.29, 1.82) is 0 Å². The predicted molar refractivity (Wildman–Crippen MR) is 101 cm³/mol. The van der Waals surface area contributed by atoms with Gasteiger partial charge in [0.2, 0.25) is 0 Å². The highest BCUT2D eigenvalue weighted by molar-refractivity contribution is 5.62. The Bertz CT molecular complexity index is 790. The average Bonchev–Trinajstić information content (AvgIpc) is 2.69. The van der Waals surface area contributed by atoms with Crippen LogP contribution in [0.1, 0.15) is 11.1 Å². The Kier molecular flexibility index (Phi) is 6.15. The number of hydrogen-bond acceptors (Lipinski definition) is 4. The highest BCUT2D eigenvalue weighted by Gasteiger charge is 2.00. The van der Waals surface area contributed by atoms with Gasteiger partial charge >= 0.3 is 0 Å². The number of benzene rings is 2. The van der Waals surface area contributed by atoms with Gasteiger partial charge < -0.3 is 15.8 Å². The summed E-state index contributed by atoms with van der Waals surface area (Å²) in [6.07, 6.45) is 3.79. The summed E-state index contributed by atoms with van der Waals surface area (Å²) < 4.78 is 5.75. The van der Waals surface area contributed by atoms with E-state index in [0.29, 0.717) is 13.2 Å². The fourth-order valence-corrected chi connectivity index (χ4v) is 2.61. The van der Waals surface area contributed by atoms with Crippen LogP contribution in [0, 0.1) is 0 Å². The van der Waals surface area contributed by atoms with Crippen molar-refractivity contribution >= 4 is 0 Å². The van der Waals surface area contributed by atoms with Crippen molar-refractivity contribution < 1.29 is 4.74 Å². The maximum absolute atomic E-state index is 5.75. The number of rotatable bonds is 8. The lowest BCUT2D eigenvalue weighted by molar-refractivity contribution is 0.313. The Labute approximate surface area is 148 Å². The average molecular weight is 333 g/mol. The summed E-state index contributed by atoms with van der Waals surface area (Å²) in [5, 5.41) is 3.39. The Balaban J connectivity index is 1.46. The van der Waals surface area contributed by atoms with Gasteiger partial charge in [-0.3, -0.25) is 4.98 Å².